The molecule has 2 aromatic carbocycles. The number of hydrogen-bond acceptors (Lipinski definition) is 6. The van der Waals surface area contributed by atoms with Crippen LogP contribution in [0.1, 0.15) is 19.8 Å². The van der Waals surface area contributed by atoms with E-state index in [0.29, 0.717) is 35.1 Å². The van der Waals surface area contributed by atoms with Crippen molar-refractivity contribution in [3.63, 3.8) is 0 Å². The Labute approximate surface area is 170 Å². The molecule has 1 amide bonds. The standard InChI is InChI=1S/C20H23N3O5S/c1-13(10-19-21-16-6-4-5-7-18(16)29(25,26)23-19)11-20(24)22-15-9-8-14(27-2)12-17(15)28-3/h4-9,12-13H,10-11H2,1-3H3,(H,21,23)(H,22,24)/t13-/m0/s1. The van der Waals surface area contributed by atoms with Crippen LogP contribution >= 0.6 is 0 Å². The number of nitrogens with zero attached hydrogens (tertiary/aromatic N) is 1. The van der Waals surface area contributed by atoms with Gasteiger partial charge in [0.1, 0.15) is 22.2 Å². The minimum absolute atomic E-state index is 0.133. The summed E-state index contributed by atoms with van der Waals surface area (Å²) in [5.41, 5.74) is 1.03. The molecular formula is C20H23N3O5S. The van der Waals surface area contributed by atoms with E-state index >= 15 is 0 Å². The minimum atomic E-state index is -3.73. The van der Waals surface area contributed by atoms with Gasteiger partial charge in [-0.05, 0) is 30.2 Å². The normalized spacial score (nSPS) is 15.3. The van der Waals surface area contributed by atoms with Crippen LogP contribution in [0.3, 0.4) is 0 Å². The molecule has 0 fully saturated rings. The van der Waals surface area contributed by atoms with Gasteiger partial charge in [-0.15, -0.1) is 4.40 Å². The van der Waals surface area contributed by atoms with Gasteiger partial charge in [0.2, 0.25) is 5.91 Å². The summed E-state index contributed by atoms with van der Waals surface area (Å²) >= 11 is 0. The van der Waals surface area contributed by atoms with Crippen LogP contribution < -0.4 is 20.1 Å². The predicted molar refractivity (Wildman–Crippen MR) is 111 cm³/mol. The van der Waals surface area contributed by atoms with Crippen molar-refractivity contribution < 1.29 is 22.7 Å². The van der Waals surface area contributed by atoms with Crippen LogP contribution in [0, 0.1) is 5.92 Å². The van der Waals surface area contributed by atoms with Gasteiger partial charge >= 0.3 is 0 Å². The molecule has 8 nitrogen and oxygen atoms in total. The number of amides is 1. The zero-order chi connectivity index (χ0) is 21.0. The fourth-order valence-electron chi connectivity index (χ4n) is 3.08. The largest absolute Gasteiger partial charge is 0.497 e. The van der Waals surface area contributed by atoms with Crippen molar-refractivity contribution in [2.24, 2.45) is 10.3 Å². The molecule has 9 heteroatoms. The van der Waals surface area contributed by atoms with Gasteiger partial charge in [0.05, 0.1) is 25.6 Å². The first kappa shape index (κ1) is 20.7. The van der Waals surface area contributed by atoms with Crippen LogP contribution in [0.4, 0.5) is 11.4 Å². The number of nitrogens with one attached hydrogen (secondary N) is 2. The molecule has 29 heavy (non-hydrogen) atoms. The van der Waals surface area contributed by atoms with E-state index < -0.39 is 10.0 Å². The Balaban J connectivity index is 1.64. The van der Waals surface area contributed by atoms with Crippen molar-refractivity contribution in [1.29, 1.82) is 0 Å². The highest BCUT2D eigenvalue weighted by Crippen LogP contribution is 2.30. The number of anilines is 2. The topological polar surface area (TPSA) is 106 Å². The van der Waals surface area contributed by atoms with Gasteiger partial charge in [-0.1, -0.05) is 19.1 Å². The molecule has 1 aliphatic rings. The number of carbonyl (C=O) groups excluding carboxylic acids is 1. The van der Waals surface area contributed by atoms with Crippen molar-refractivity contribution in [2.75, 3.05) is 24.9 Å². The molecule has 0 aromatic heterocycles. The lowest BCUT2D eigenvalue weighted by atomic mass is 10.0. The number of para-hydroxylation sites is 1. The number of carbonyl (C=O) groups is 1. The maximum atomic E-state index is 12.4. The molecule has 2 N–H and O–H groups in total. The highest BCUT2D eigenvalue weighted by atomic mass is 32.2. The van der Waals surface area contributed by atoms with Crippen molar-refractivity contribution in [2.45, 2.75) is 24.7 Å². The van der Waals surface area contributed by atoms with E-state index in [1.54, 1.807) is 43.5 Å². The molecule has 1 heterocycles. The summed E-state index contributed by atoms with van der Waals surface area (Å²) in [5, 5.41) is 5.86. The third-order valence-electron chi connectivity index (χ3n) is 4.43. The Morgan fingerprint density at radius 1 is 1.17 bits per heavy atom. The number of amidine groups is 1. The lowest BCUT2D eigenvalue weighted by molar-refractivity contribution is -0.116. The van der Waals surface area contributed by atoms with Gasteiger partial charge in [-0.25, -0.2) is 0 Å². The summed E-state index contributed by atoms with van der Waals surface area (Å²) in [6.07, 6.45) is 0.512. The van der Waals surface area contributed by atoms with E-state index in [0.717, 1.165) is 0 Å². The van der Waals surface area contributed by atoms with Crippen molar-refractivity contribution in [1.82, 2.24) is 0 Å². The molecule has 154 valence electrons. The molecule has 0 saturated carbocycles. The van der Waals surface area contributed by atoms with Gasteiger partial charge in [-0.3, -0.25) is 4.79 Å². The molecule has 1 aliphatic heterocycles. The van der Waals surface area contributed by atoms with E-state index in [-0.39, 0.29) is 23.1 Å². The molecule has 0 aliphatic carbocycles. The monoisotopic (exact) mass is 417 g/mol. The van der Waals surface area contributed by atoms with Crippen LogP contribution in [0.25, 0.3) is 0 Å². The van der Waals surface area contributed by atoms with Crippen molar-refractivity contribution >= 4 is 33.1 Å². The highest BCUT2D eigenvalue weighted by Gasteiger charge is 2.25. The molecule has 3 rings (SSSR count). The van der Waals surface area contributed by atoms with Gasteiger partial charge < -0.3 is 20.1 Å². The summed E-state index contributed by atoms with van der Waals surface area (Å²) in [5.74, 6) is 1.10. The predicted octanol–water partition coefficient (Wildman–Crippen LogP) is 3.27. The number of sulfonamides is 1. The second kappa shape index (κ2) is 8.52. The summed E-state index contributed by atoms with van der Waals surface area (Å²) < 4.78 is 38.9. The Morgan fingerprint density at radius 3 is 2.66 bits per heavy atom. The van der Waals surface area contributed by atoms with Crippen LogP contribution in [-0.4, -0.2) is 34.4 Å². The van der Waals surface area contributed by atoms with Crippen LogP contribution in [0.2, 0.25) is 0 Å². The summed E-state index contributed by atoms with van der Waals surface area (Å²) in [6.45, 7) is 1.86. The third-order valence-corrected chi connectivity index (χ3v) is 5.81. The Morgan fingerprint density at radius 2 is 1.93 bits per heavy atom. The van der Waals surface area contributed by atoms with Crippen LogP contribution in [0.5, 0.6) is 11.5 Å². The number of benzene rings is 2. The van der Waals surface area contributed by atoms with Gasteiger partial charge in [-0.2, -0.15) is 8.42 Å². The number of rotatable bonds is 7. The third kappa shape index (κ3) is 4.86. The summed E-state index contributed by atoms with van der Waals surface area (Å²) in [4.78, 5) is 12.6. The van der Waals surface area contributed by atoms with E-state index in [1.165, 1.54) is 13.2 Å². The zero-order valence-electron chi connectivity index (χ0n) is 16.4. The number of methoxy groups -OCH3 is 2. The Hall–Kier alpha value is -3.07. The maximum Gasteiger partial charge on any atom is 0.286 e. The molecular weight excluding hydrogens is 394 g/mol. The van der Waals surface area contributed by atoms with Gasteiger partial charge in [0.15, 0.2) is 0 Å². The Bertz CT molecular complexity index is 1050. The maximum absolute atomic E-state index is 12.4. The average Bonchev–Trinajstić information content (AvgIpc) is 2.67. The quantitative estimate of drug-likeness (QED) is 0.716. The van der Waals surface area contributed by atoms with E-state index in [2.05, 4.69) is 15.0 Å². The number of ether oxygens (including phenoxy) is 2. The average molecular weight is 417 g/mol. The summed E-state index contributed by atoms with van der Waals surface area (Å²) in [6, 6.07) is 11.7. The molecule has 0 unspecified atom stereocenters. The van der Waals surface area contributed by atoms with Gasteiger partial charge in [0.25, 0.3) is 10.0 Å². The van der Waals surface area contributed by atoms with E-state index in [4.69, 9.17) is 9.47 Å². The molecule has 0 saturated heterocycles. The molecule has 2 aromatic rings. The van der Waals surface area contributed by atoms with Crippen LogP contribution in [0.15, 0.2) is 51.8 Å². The first-order chi connectivity index (χ1) is 13.8. The summed E-state index contributed by atoms with van der Waals surface area (Å²) in [7, 11) is -0.670. The number of fused-ring (bicyclic) bond motifs is 1. The lowest BCUT2D eigenvalue weighted by Crippen LogP contribution is -2.25. The fraction of sp³-hybridized carbons (Fsp3) is 0.300. The lowest BCUT2D eigenvalue weighted by Gasteiger charge is -2.20. The second-order valence-electron chi connectivity index (χ2n) is 6.76. The fourth-order valence-corrected chi connectivity index (χ4v) is 4.23. The molecule has 1 atom stereocenters. The van der Waals surface area contributed by atoms with Crippen molar-refractivity contribution in [3.8, 4) is 11.5 Å². The van der Waals surface area contributed by atoms with Crippen LogP contribution in [-0.2, 0) is 14.8 Å². The second-order valence-corrected chi connectivity index (χ2v) is 8.33. The highest BCUT2D eigenvalue weighted by molar-refractivity contribution is 7.90. The molecule has 0 bridgehead atoms. The van der Waals surface area contributed by atoms with Crippen molar-refractivity contribution in [3.05, 3.63) is 42.5 Å². The van der Waals surface area contributed by atoms with Gasteiger partial charge in [0, 0.05) is 18.9 Å². The van der Waals surface area contributed by atoms with E-state index in [1.807, 2.05) is 6.92 Å². The molecule has 0 radical (unpaired) electrons. The van der Waals surface area contributed by atoms with E-state index in [9.17, 15) is 13.2 Å². The Kier molecular flexibility index (Phi) is 6.07. The minimum Gasteiger partial charge on any atom is -0.497 e. The number of hydrogen-bond donors (Lipinski definition) is 2. The first-order valence-electron chi connectivity index (χ1n) is 9.04. The molecule has 0 spiro atoms. The first-order valence-corrected chi connectivity index (χ1v) is 10.5. The SMILES string of the molecule is COc1ccc(NC(=O)C[C@@H](C)CC2=NS(=O)(=O)c3ccccc3N2)c(OC)c1. The zero-order valence-corrected chi connectivity index (χ0v) is 17.2. The smallest absolute Gasteiger partial charge is 0.286 e.